The zero-order chi connectivity index (χ0) is 12.0. The van der Waals surface area contributed by atoms with Crippen LogP contribution in [0.4, 0.5) is 0 Å². The molecule has 1 atom stereocenters. The molecule has 1 unspecified atom stereocenters. The number of nitrogens with one attached hydrogen (secondary N) is 1. The Bertz CT molecular complexity index is 566. The molecule has 1 heterocycles. The van der Waals surface area contributed by atoms with Crippen molar-refractivity contribution in [3.8, 4) is 0 Å². The second kappa shape index (κ2) is 3.88. The molecule has 0 amide bonds. The number of benzene rings is 1. The summed E-state index contributed by atoms with van der Waals surface area (Å²) in [4.78, 5) is 3.61. The number of hydrogen-bond donors (Lipinski definition) is 2. The summed E-state index contributed by atoms with van der Waals surface area (Å²) in [5, 5.41) is 1.43. The molecule has 17 heavy (non-hydrogen) atoms. The Morgan fingerprint density at radius 3 is 2.94 bits per heavy atom. The van der Waals surface area contributed by atoms with Gasteiger partial charge in [0, 0.05) is 16.6 Å². The first-order valence-corrected chi connectivity index (χ1v) is 6.52. The largest absolute Gasteiger partial charge is 0.358 e. The molecule has 0 saturated carbocycles. The molecule has 1 aliphatic rings. The normalized spacial score (nSPS) is 19.6. The van der Waals surface area contributed by atoms with Crippen molar-refractivity contribution in [1.82, 2.24) is 4.98 Å². The van der Waals surface area contributed by atoms with Crippen LogP contribution in [0.5, 0.6) is 0 Å². The van der Waals surface area contributed by atoms with Gasteiger partial charge in [-0.15, -0.1) is 0 Å². The number of nitrogens with two attached hydrogens (primary N) is 1. The number of aromatic amines is 1. The molecule has 0 bridgehead atoms. The number of fused-ring (bicyclic) bond motifs is 3. The van der Waals surface area contributed by atoms with Crippen LogP contribution in [0.2, 0.25) is 0 Å². The second-order valence-electron chi connectivity index (χ2n) is 5.35. The van der Waals surface area contributed by atoms with Gasteiger partial charge >= 0.3 is 0 Å². The molecule has 0 aliphatic heterocycles. The van der Waals surface area contributed by atoms with Crippen molar-refractivity contribution in [1.29, 1.82) is 0 Å². The van der Waals surface area contributed by atoms with Crippen molar-refractivity contribution in [2.45, 2.75) is 39.0 Å². The minimum Gasteiger partial charge on any atom is -0.358 e. The van der Waals surface area contributed by atoms with E-state index in [1.54, 1.807) is 0 Å². The minimum absolute atomic E-state index is 0.550. The maximum atomic E-state index is 5.93. The van der Waals surface area contributed by atoms with Crippen LogP contribution in [0.1, 0.15) is 41.1 Å². The standard InChI is InChI=1S/C15H20N2/c1-9-6-10(2)14-13(7-9)17-12-5-3-4-11(8-16)15(12)14/h6-7,11,17H,3-5,8,16H2,1-2H3. The Kier molecular flexibility index (Phi) is 2.48. The number of aryl methyl sites for hydroxylation is 3. The van der Waals surface area contributed by atoms with Gasteiger partial charge in [0.25, 0.3) is 0 Å². The molecule has 1 aromatic heterocycles. The summed E-state index contributed by atoms with van der Waals surface area (Å²) in [7, 11) is 0. The summed E-state index contributed by atoms with van der Waals surface area (Å²) in [6.07, 6.45) is 3.68. The highest BCUT2D eigenvalue weighted by atomic mass is 14.7. The lowest BCUT2D eigenvalue weighted by Crippen LogP contribution is -2.17. The zero-order valence-corrected chi connectivity index (χ0v) is 10.6. The van der Waals surface area contributed by atoms with Gasteiger partial charge in [0.2, 0.25) is 0 Å². The molecule has 3 rings (SSSR count). The highest BCUT2D eigenvalue weighted by molar-refractivity contribution is 5.89. The molecule has 2 aromatic rings. The van der Waals surface area contributed by atoms with E-state index in [9.17, 15) is 0 Å². The van der Waals surface area contributed by atoms with Crippen molar-refractivity contribution >= 4 is 10.9 Å². The Labute approximate surface area is 102 Å². The summed E-state index contributed by atoms with van der Waals surface area (Å²) in [6.45, 7) is 5.14. The molecule has 2 heteroatoms. The van der Waals surface area contributed by atoms with Crippen molar-refractivity contribution in [3.05, 3.63) is 34.5 Å². The van der Waals surface area contributed by atoms with Gasteiger partial charge in [-0.1, -0.05) is 6.07 Å². The van der Waals surface area contributed by atoms with E-state index in [2.05, 4.69) is 31.0 Å². The molecule has 0 spiro atoms. The minimum atomic E-state index is 0.550. The smallest absolute Gasteiger partial charge is 0.0464 e. The van der Waals surface area contributed by atoms with Gasteiger partial charge in [-0.05, 0) is 68.3 Å². The number of aromatic nitrogens is 1. The van der Waals surface area contributed by atoms with Crippen LogP contribution in [0.25, 0.3) is 10.9 Å². The van der Waals surface area contributed by atoms with Crippen LogP contribution in [-0.4, -0.2) is 11.5 Å². The first-order valence-electron chi connectivity index (χ1n) is 6.52. The molecule has 0 radical (unpaired) electrons. The van der Waals surface area contributed by atoms with E-state index in [1.807, 2.05) is 0 Å². The first-order chi connectivity index (χ1) is 8.20. The number of rotatable bonds is 1. The van der Waals surface area contributed by atoms with E-state index in [-0.39, 0.29) is 0 Å². The van der Waals surface area contributed by atoms with Crippen molar-refractivity contribution in [2.24, 2.45) is 5.73 Å². The maximum Gasteiger partial charge on any atom is 0.0464 e. The highest BCUT2D eigenvalue weighted by Gasteiger charge is 2.24. The molecule has 0 fully saturated rings. The molecule has 1 aliphatic carbocycles. The molecule has 0 saturated heterocycles. The third kappa shape index (κ3) is 1.59. The lowest BCUT2D eigenvalue weighted by Gasteiger charge is -2.21. The lowest BCUT2D eigenvalue weighted by atomic mass is 9.84. The van der Waals surface area contributed by atoms with Crippen LogP contribution >= 0.6 is 0 Å². The van der Waals surface area contributed by atoms with Gasteiger partial charge < -0.3 is 10.7 Å². The average Bonchev–Trinajstić information content (AvgIpc) is 2.66. The Morgan fingerprint density at radius 1 is 1.35 bits per heavy atom. The van der Waals surface area contributed by atoms with Gasteiger partial charge in [0.1, 0.15) is 0 Å². The van der Waals surface area contributed by atoms with Crippen molar-refractivity contribution in [2.75, 3.05) is 6.54 Å². The van der Waals surface area contributed by atoms with Crippen LogP contribution in [-0.2, 0) is 6.42 Å². The molecule has 3 N–H and O–H groups in total. The van der Waals surface area contributed by atoms with E-state index < -0.39 is 0 Å². The lowest BCUT2D eigenvalue weighted by molar-refractivity contribution is 0.560. The van der Waals surface area contributed by atoms with E-state index in [4.69, 9.17) is 5.73 Å². The van der Waals surface area contributed by atoms with Gasteiger partial charge in [0.15, 0.2) is 0 Å². The summed E-state index contributed by atoms with van der Waals surface area (Å²) in [5.41, 5.74) is 12.9. The van der Waals surface area contributed by atoms with Crippen LogP contribution in [0.3, 0.4) is 0 Å². The van der Waals surface area contributed by atoms with Crippen molar-refractivity contribution < 1.29 is 0 Å². The van der Waals surface area contributed by atoms with Crippen molar-refractivity contribution in [3.63, 3.8) is 0 Å². The molecular formula is C15H20N2. The molecule has 2 nitrogen and oxygen atoms in total. The summed E-state index contributed by atoms with van der Waals surface area (Å²) in [6, 6.07) is 4.53. The van der Waals surface area contributed by atoms with Gasteiger partial charge in [0.05, 0.1) is 0 Å². The zero-order valence-electron chi connectivity index (χ0n) is 10.6. The fourth-order valence-corrected chi connectivity index (χ4v) is 3.36. The fourth-order valence-electron chi connectivity index (χ4n) is 3.36. The Balaban J connectivity index is 2.32. The third-order valence-corrected chi connectivity index (χ3v) is 4.03. The summed E-state index contributed by atoms with van der Waals surface area (Å²) in [5.74, 6) is 0.550. The average molecular weight is 228 g/mol. The molecule has 90 valence electrons. The van der Waals surface area contributed by atoms with E-state index in [0.717, 1.165) is 6.54 Å². The number of H-pyrrole nitrogens is 1. The molecule has 1 aromatic carbocycles. The Morgan fingerprint density at radius 2 is 2.18 bits per heavy atom. The fraction of sp³-hybridized carbons (Fsp3) is 0.467. The molecular weight excluding hydrogens is 208 g/mol. The summed E-state index contributed by atoms with van der Waals surface area (Å²) >= 11 is 0. The second-order valence-corrected chi connectivity index (χ2v) is 5.35. The summed E-state index contributed by atoms with van der Waals surface area (Å²) < 4.78 is 0. The third-order valence-electron chi connectivity index (χ3n) is 4.03. The van der Waals surface area contributed by atoms with Gasteiger partial charge in [-0.25, -0.2) is 0 Å². The van der Waals surface area contributed by atoms with E-state index in [1.165, 1.54) is 52.5 Å². The number of hydrogen-bond acceptors (Lipinski definition) is 1. The SMILES string of the molecule is Cc1cc(C)c2c3c([nH]c2c1)CCCC3CN. The predicted molar refractivity (Wildman–Crippen MR) is 72.5 cm³/mol. The monoisotopic (exact) mass is 228 g/mol. The maximum absolute atomic E-state index is 5.93. The topological polar surface area (TPSA) is 41.8 Å². The van der Waals surface area contributed by atoms with Crippen LogP contribution in [0, 0.1) is 13.8 Å². The quantitative estimate of drug-likeness (QED) is 0.773. The predicted octanol–water partition coefficient (Wildman–Crippen LogP) is 3.16. The van der Waals surface area contributed by atoms with Crippen LogP contribution < -0.4 is 5.73 Å². The highest BCUT2D eigenvalue weighted by Crippen LogP contribution is 2.38. The van der Waals surface area contributed by atoms with E-state index in [0.29, 0.717) is 5.92 Å². The van der Waals surface area contributed by atoms with Gasteiger partial charge in [-0.3, -0.25) is 0 Å². The van der Waals surface area contributed by atoms with Gasteiger partial charge in [-0.2, -0.15) is 0 Å². The Hall–Kier alpha value is -1.28. The van der Waals surface area contributed by atoms with E-state index >= 15 is 0 Å². The van der Waals surface area contributed by atoms with Crippen LogP contribution in [0.15, 0.2) is 12.1 Å². The first kappa shape index (κ1) is 10.8.